The van der Waals surface area contributed by atoms with E-state index in [4.69, 9.17) is 11.6 Å². The highest BCUT2D eigenvalue weighted by Crippen LogP contribution is 2.39. The second-order valence-electron chi connectivity index (χ2n) is 7.92. The van der Waals surface area contributed by atoms with Gasteiger partial charge in [-0.25, -0.2) is 4.98 Å². The van der Waals surface area contributed by atoms with Crippen molar-refractivity contribution < 1.29 is 4.79 Å². The van der Waals surface area contributed by atoms with Gasteiger partial charge in [-0.1, -0.05) is 17.7 Å². The Morgan fingerprint density at radius 3 is 2.82 bits per heavy atom. The van der Waals surface area contributed by atoms with E-state index in [0.717, 1.165) is 36.2 Å². The molecule has 1 amide bonds. The maximum absolute atomic E-state index is 12.8. The van der Waals surface area contributed by atoms with Gasteiger partial charge in [-0.05, 0) is 44.2 Å². The van der Waals surface area contributed by atoms with Crippen LogP contribution in [-0.2, 0) is 0 Å². The van der Waals surface area contributed by atoms with E-state index in [1.807, 2.05) is 17.2 Å². The lowest BCUT2D eigenvalue weighted by Gasteiger charge is -2.22. The third-order valence-electron chi connectivity index (χ3n) is 6.13. The van der Waals surface area contributed by atoms with Crippen LogP contribution in [0.2, 0.25) is 5.02 Å². The van der Waals surface area contributed by atoms with Crippen molar-refractivity contribution in [3.8, 4) is 17.5 Å². The van der Waals surface area contributed by atoms with E-state index in [0.29, 0.717) is 16.5 Å². The van der Waals surface area contributed by atoms with Crippen molar-refractivity contribution >= 4 is 17.5 Å². The zero-order valence-corrected chi connectivity index (χ0v) is 16.1. The van der Waals surface area contributed by atoms with Crippen LogP contribution in [0, 0.1) is 11.5 Å². The highest BCUT2D eigenvalue weighted by atomic mass is 35.5. The van der Waals surface area contributed by atoms with Crippen LogP contribution in [0.15, 0.2) is 30.6 Å². The van der Waals surface area contributed by atoms with Crippen LogP contribution in [0.3, 0.4) is 0 Å². The van der Waals surface area contributed by atoms with Gasteiger partial charge < -0.3 is 10.2 Å². The predicted octanol–water partition coefficient (Wildman–Crippen LogP) is 3.49. The number of hydrogen-bond donors (Lipinski definition) is 1. The van der Waals surface area contributed by atoms with Gasteiger partial charge in [0.2, 0.25) is 0 Å². The van der Waals surface area contributed by atoms with Gasteiger partial charge in [-0.3, -0.25) is 9.78 Å². The van der Waals surface area contributed by atoms with Gasteiger partial charge in [0, 0.05) is 23.7 Å². The summed E-state index contributed by atoms with van der Waals surface area (Å²) >= 11 is 6.44. The summed E-state index contributed by atoms with van der Waals surface area (Å²) in [6.45, 7) is 0. The average molecular weight is 394 g/mol. The molecule has 3 fully saturated rings. The molecule has 5 rings (SSSR count). The first kappa shape index (κ1) is 17.4. The van der Waals surface area contributed by atoms with Gasteiger partial charge in [0.25, 0.3) is 5.91 Å². The number of nitrogens with one attached hydrogen (secondary N) is 1. The maximum atomic E-state index is 12.8. The molecule has 2 aliphatic heterocycles. The highest BCUT2D eigenvalue weighted by molar-refractivity contribution is 6.34. The summed E-state index contributed by atoms with van der Waals surface area (Å²) in [6.07, 6.45) is 11.0. The van der Waals surface area contributed by atoms with E-state index in [1.54, 1.807) is 18.3 Å². The van der Waals surface area contributed by atoms with Crippen molar-refractivity contribution in [3.63, 3.8) is 0 Å². The molecule has 0 spiro atoms. The van der Waals surface area contributed by atoms with Crippen LogP contribution in [0.4, 0.5) is 0 Å². The second-order valence-corrected chi connectivity index (χ2v) is 8.33. The van der Waals surface area contributed by atoms with Gasteiger partial charge in [0.15, 0.2) is 6.19 Å². The highest BCUT2D eigenvalue weighted by Gasteiger charge is 2.46. The minimum absolute atomic E-state index is 0.00253. The number of nitriles is 1. The molecule has 7 heteroatoms. The van der Waals surface area contributed by atoms with Gasteiger partial charge in [0.05, 0.1) is 40.3 Å². The van der Waals surface area contributed by atoms with E-state index in [-0.39, 0.29) is 24.0 Å². The van der Waals surface area contributed by atoms with Crippen LogP contribution < -0.4 is 5.32 Å². The molecular formula is C21H20ClN5O. The smallest absolute Gasteiger partial charge is 0.253 e. The number of fused-ring (bicyclic) bond motifs is 2. The molecule has 1 N–H and O–H groups in total. The van der Waals surface area contributed by atoms with Gasteiger partial charge in [0.1, 0.15) is 0 Å². The number of hydrogen-bond acceptors (Lipinski definition) is 5. The Labute approximate surface area is 168 Å². The molecule has 3 heterocycles. The van der Waals surface area contributed by atoms with Crippen LogP contribution in [0.1, 0.15) is 54.1 Å². The van der Waals surface area contributed by atoms with Gasteiger partial charge in [-0.2, -0.15) is 5.26 Å². The van der Waals surface area contributed by atoms with Crippen molar-refractivity contribution in [3.05, 3.63) is 46.9 Å². The summed E-state index contributed by atoms with van der Waals surface area (Å²) in [5, 5.41) is 12.8. The zero-order valence-electron chi connectivity index (χ0n) is 15.3. The number of carbonyl (C=O) groups excluding carboxylic acids is 1. The Hall–Kier alpha value is -2.65. The number of rotatable bonds is 4. The van der Waals surface area contributed by atoms with Crippen molar-refractivity contribution in [1.29, 1.82) is 5.26 Å². The summed E-state index contributed by atoms with van der Waals surface area (Å²) in [5.74, 6) is 0.340. The molecule has 3 aliphatic rings. The van der Waals surface area contributed by atoms with E-state index >= 15 is 0 Å². The fourth-order valence-corrected chi connectivity index (χ4v) is 4.77. The standard InChI is InChI=1S/C21H20ClN5O/c22-16-7-13(19-10-24-9-18(25-19)12-1-2-12)3-5-15(16)21(28)26-17-8-14-4-6-20(17)27(14)11-23/h3,5,7,9-10,12,14,17,20H,1-2,4,6,8H2,(H,26,28)/t14-,17+,20+/m0/s1. The van der Waals surface area contributed by atoms with Crippen LogP contribution in [0.5, 0.6) is 0 Å². The molecular weight excluding hydrogens is 374 g/mol. The predicted molar refractivity (Wildman–Crippen MR) is 105 cm³/mol. The molecule has 6 nitrogen and oxygen atoms in total. The number of amides is 1. The van der Waals surface area contributed by atoms with Crippen molar-refractivity contribution in [2.75, 3.05) is 0 Å². The first-order valence-electron chi connectivity index (χ1n) is 9.75. The monoisotopic (exact) mass is 393 g/mol. The summed E-state index contributed by atoms with van der Waals surface area (Å²) in [4.78, 5) is 23.6. The quantitative estimate of drug-likeness (QED) is 0.804. The molecule has 2 saturated heterocycles. The molecule has 1 aliphatic carbocycles. The van der Waals surface area contributed by atoms with Crippen LogP contribution in [-0.4, -0.2) is 38.9 Å². The summed E-state index contributed by atoms with van der Waals surface area (Å²) in [7, 11) is 0. The Bertz CT molecular complexity index is 983. The molecule has 2 aromatic rings. The molecule has 1 aromatic heterocycles. The lowest BCUT2D eigenvalue weighted by Crippen LogP contribution is -2.43. The molecule has 0 radical (unpaired) electrons. The molecule has 3 atom stereocenters. The molecule has 142 valence electrons. The van der Waals surface area contributed by atoms with E-state index in [2.05, 4.69) is 21.5 Å². The maximum Gasteiger partial charge on any atom is 0.253 e. The lowest BCUT2D eigenvalue weighted by atomic mass is 9.95. The Morgan fingerprint density at radius 2 is 2.11 bits per heavy atom. The first-order chi connectivity index (χ1) is 13.6. The van der Waals surface area contributed by atoms with Gasteiger partial charge in [-0.15, -0.1) is 0 Å². The third-order valence-corrected chi connectivity index (χ3v) is 6.44. The van der Waals surface area contributed by atoms with Crippen LogP contribution >= 0.6 is 11.6 Å². The number of benzene rings is 1. The zero-order chi connectivity index (χ0) is 19.3. The Morgan fingerprint density at radius 1 is 1.25 bits per heavy atom. The van der Waals surface area contributed by atoms with Crippen molar-refractivity contribution in [1.82, 2.24) is 20.2 Å². The molecule has 1 saturated carbocycles. The van der Waals surface area contributed by atoms with E-state index < -0.39 is 0 Å². The fourth-order valence-electron chi connectivity index (χ4n) is 4.50. The number of aromatic nitrogens is 2. The first-order valence-corrected chi connectivity index (χ1v) is 10.1. The molecule has 2 bridgehead atoms. The topological polar surface area (TPSA) is 81.9 Å². The van der Waals surface area contributed by atoms with E-state index in [1.165, 1.54) is 12.8 Å². The normalized spacial score (nSPS) is 25.6. The van der Waals surface area contributed by atoms with Crippen molar-refractivity contribution in [2.45, 2.75) is 56.1 Å². The second kappa shape index (κ2) is 6.75. The average Bonchev–Trinajstić information content (AvgIpc) is 3.42. The van der Waals surface area contributed by atoms with Crippen molar-refractivity contribution in [2.24, 2.45) is 0 Å². The number of halogens is 1. The molecule has 1 aromatic carbocycles. The summed E-state index contributed by atoms with van der Waals surface area (Å²) < 4.78 is 0. The van der Waals surface area contributed by atoms with E-state index in [9.17, 15) is 10.1 Å². The lowest BCUT2D eigenvalue weighted by molar-refractivity contribution is 0.0928. The molecule has 28 heavy (non-hydrogen) atoms. The minimum Gasteiger partial charge on any atom is -0.347 e. The summed E-state index contributed by atoms with van der Waals surface area (Å²) in [6, 6.07) is 5.76. The van der Waals surface area contributed by atoms with Gasteiger partial charge >= 0.3 is 0 Å². The SMILES string of the molecule is N#CN1[C@H]2CC[C@@H]1[C@H](NC(=O)c1ccc(-c3cncc(C4CC4)n3)cc1Cl)C2. The Balaban J connectivity index is 1.33. The third kappa shape index (κ3) is 3.00. The summed E-state index contributed by atoms with van der Waals surface area (Å²) in [5.41, 5.74) is 3.10. The molecule has 0 unspecified atom stereocenters. The van der Waals surface area contributed by atoms with Crippen LogP contribution in [0.25, 0.3) is 11.3 Å². The number of nitrogens with zero attached hydrogens (tertiary/aromatic N) is 4. The minimum atomic E-state index is -0.190. The fraction of sp³-hybridized carbons (Fsp3) is 0.429. The number of carbonyl (C=O) groups is 1. The Kier molecular flexibility index (Phi) is 4.21. The largest absolute Gasteiger partial charge is 0.347 e.